The Morgan fingerprint density at radius 3 is 0.909 bits per heavy atom. The fraction of sp³-hybridized carbons (Fsp3) is 0.615. The minimum absolute atomic E-state index is 0.0196. The van der Waals surface area contributed by atoms with Gasteiger partial charge in [0, 0.05) is 12.8 Å². The Kier molecular flexibility index (Phi) is 63.3. The van der Waals surface area contributed by atoms with Crippen LogP contribution in [0.3, 0.4) is 0 Å². The standard InChI is InChI=1S/C78H128NO8P/c1-6-8-10-12-14-16-18-20-22-24-26-28-30-31-32-33-34-35-36-37-38-39-40-41-42-43-44-45-46-47-49-51-53-55-57-59-61-63-65-67-69-71-78(81)87-76(75-86-88(82,83)85-73-72-79(3,4)5)74-84-77(80)70-68-66-64-62-60-58-56-54-52-50-48-29-27-25-23-21-19-17-15-13-11-9-7-2/h8-11,14-17,20-23,26-29,31-32,34-35,37-38,40-41,50,52,56,58,76H,6-7,12-13,18-19,24-25,30,33,36,39,42-49,51,53-55,57,59-75H2,1-5H3/p+1/b10-8-,11-9-,16-14-,17-15-,22-20-,23-21-,28-26-,29-27-,32-31-,35-34-,38-37-,41-40-,52-50-,58-56-. The predicted molar refractivity (Wildman–Crippen MR) is 380 cm³/mol. The van der Waals surface area contributed by atoms with E-state index in [0.717, 1.165) is 135 Å². The number of nitrogens with zero attached hydrogens (tertiary/aromatic N) is 1. The van der Waals surface area contributed by atoms with Crippen molar-refractivity contribution in [2.45, 2.75) is 264 Å². The van der Waals surface area contributed by atoms with Crippen molar-refractivity contribution in [2.24, 2.45) is 0 Å². The van der Waals surface area contributed by atoms with Gasteiger partial charge in [-0.15, -0.1) is 0 Å². The second kappa shape index (κ2) is 66.8. The van der Waals surface area contributed by atoms with Gasteiger partial charge in [-0.2, -0.15) is 0 Å². The number of phosphoric acid groups is 1. The van der Waals surface area contributed by atoms with Crippen LogP contribution in [0.1, 0.15) is 258 Å². The first-order valence-electron chi connectivity index (χ1n) is 34.9. The van der Waals surface area contributed by atoms with E-state index in [1.165, 1.54) is 83.5 Å². The lowest BCUT2D eigenvalue weighted by atomic mass is 10.0. The van der Waals surface area contributed by atoms with Crippen LogP contribution >= 0.6 is 7.82 Å². The molecule has 0 amide bonds. The van der Waals surface area contributed by atoms with Gasteiger partial charge in [0.15, 0.2) is 6.10 Å². The third-order valence-electron chi connectivity index (χ3n) is 14.2. The van der Waals surface area contributed by atoms with Crippen LogP contribution in [-0.4, -0.2) is 74.9 Å². The van der Waals surface area contributed by atoms with Crippen LogP contribution in [0.2, 0.25) is 0 Å². The zero-order valence-corrected chi connectivity index (χ0v) is 57.5. The van der Waals surface area contributed by atoms with Crippen molar-refractivity contribution in [3.8, 4) is 0 Å². The Hall–Kier alpha value is -4.63. The van der Waals surface area contributed by atoms with Crippen LogP contribution in [0.25, 0.3) is 0 Å². The number of hydrogen-bond donors (Lipinski definition) is 1. The van der Waals surface area contributed by atoms with Crippen LogP contribution in [0.15, 0.2) is 170 Å². The van der Waals surface area contributed by atoms with E-state index in [4.69, 9.17) is 18.5 Å². The van der Waals surface area contributed by atoms with Gasteiger partial charge in [0.1, 0.15) is 19.8 Å². The smallest absolute Gasteiger partial charge is 0.462 e. The van der Waals surface area contributed by atoms with E-state index < -0.39 is 32.5 Å². The first kappa shape index (κ1) is 83.4. The van der Waals surface area contributed by atoms with Gasteiger partial charge in [-0.05, 0) is 128 Å². The monoisotopic (exact) mass is 1240 g/mol. The molecule has 0 aliphatic carbocycles. The molecule has 0 bridgehead atoms. The highest BCUT2D eigenvalue weighted by Crippen LogP contribution is 2.43. The fourth-order valence-electron chi connectivity index (χ4n) is 8.98. The number of hydrogen-bond acceptors (Lipinski definition) is 7. The van der Waals surface area contributed by atoms with Crippen LogP contribution < -0.4 is 0 Å². The number of esters is 2. The molecule has 0 fully saturated rings. The van der Waals surface area contributed by atoms with Gasteiger partial charge in [0.05, 0.1) is 27.7 Å². The normalized spacial score (nSPS) is 14.2. The number of likely N-dealkylation sites (N-methyl/N-ethyl adjacent to an activating group) is 1. The molecule has 9 nitrogen and oxygen atoms in total. The van der Waals surface area contributed by atoms with Gasteiger partial charge < -0.3 is 18.9 Å². The van der Waals surface area contributed by atoms with Crippen molar-refractivity contribution in [1.29, 1.82) is 0 Å². The summed E-state index contributed by atoms with van der Waals surface area (Å²) in [7, 11) is 1.45. The zero-order chi connectivity index (χ0) is 64.1. The van der Waals surface area contributed by atoms with Crippen molar-refractivity contribution >= 4 is 19.8 Å². The summed E-state index contributed by atoms with van der Waals surface area (Å²) >= 11 is 0. The molecule has 0 saturated heterocycles. The van der Waals surface area contributed by atoms with Gasteiger partial charge in [0.2, 0.25) is 0 Å². The van der Waals surface area contributed by atoms with Gasteiger partial charge in [0.25, 0.3) is 0 Å². The molecule has 0 saturated carbocycles. The third-order valence-corrected chi connectivity index (χ3v) is 15.2. The molecule has 0 aromatic rings. The Morgan fingerprint density at radius 1 is 0.352 bits per heavy atom. The third kappa shape index (κ3) is 70.5. The van der Waals surface area contributed by atoms with E-state index in [9.17, 15) is 19.0 Å². The number of allylic oxidation sites excluding steroid dienone is 28. The Labute approximate surface area is 540 Å². The highest BCUT2D eigenvalue weighted by molar-refractivity contribution is 7.47. The molecule has 0 radical (unpaired) electrons. The van der Waals surface area contributed by atoms with Crippen LogP contribution in [-0.2, 0) is 32.7 Å². The maximum absolute atomic E-state index is 12.9. The number of phosphoric ester groups is 1. The summed E-state index contributed by atoms with van der Waals surface area (Å²) in [6, 6.07) is 0. The van der Waals surface area contributed by atoms with Crippen molar-refractivity contribution in [2.75, 3.05) is 47.5 Å². The first-order chi connectivity index (χ1) is 43.0. The predicted octanol–water partition coefficient (Wildman–Crippen LogP) is 22.9. The van der Waals surface area contributed by atoms with E-state index in [-0.39, 0.29) is 26.1 Å². The number of quaternary nitrogens is 1. The molecular weight excluding hydrogens is 1110 g/mol. The van der Waals surface area contributed by atoms with E-state index in [2.05, 4.69) is 184 Å². The Bertz CT molecular complexity index is 2090. The quantitative estimate of drug-likeness (QED) is 0.0211. The van der Waals surface area contributed by atoms with E-state index in [1.54, 1.807) is 0 Å². The maximum atomic E-state index is 12.9. The highest BCUT2D eigenvalue weighted by atomic mass is 31.2. The number of carbonyl (C=O) groups excluding carboxylic acids is 2. The molecule has 0 aromatic heterocycles. The summed E-state index contributed by atoms with van der Waals surface area (Å²) in [5.41, 5.74) is 0. The summed E-state index contributed by atoms with van der Waals surface area (Å²) in [6.07, 6.45) is 102. The van der Waals surface area contributed by atoms with Crippen LogP contribution in [0.4, 0.5) is 0 Å². The minimum Gasteiger partial charge on any atom is -0.462 e. The molecule has 0 aromatic carbocycles. The topological polar surface area (TPSA) is 108 Å². The lowest BCUT2D eigenvalue weighted by Gasteiger charge is -2.24. The molecule has 2 atom stereocenters. The van der Waals surface area contributed by atoms with Crippen molar-refractivity contribution in [1.82, 2.24) is 0 Å². The molecule has 0 aliphatic rings. The van der Waals surface area contributed by atoms with Gasteiger partial charge in [-0.3, -0.25) is 18.6 Å². The second-order valence-electron chi connectivity index (χ2n) is 23.8. The SMILES string of the molecule is CC/C=C\C/C=C\C/C=C\C/C=C\C/C=C\C/C=C\C/C=C\C/C=C\CCCCCCCCCCCCCCCCCCC(=O)OC(COC(=O)CCCCCC/C=C\C/C=C\C/C=C\C/C=C\C/C=C\C/C=C\CC)COP(=O)(O)OCC[N+](C)(C)C. The largest absolute Gasteiger partial charge is 0.472 e. The van der Waals surface area contributed by atoms with E-state index in [0.29, 0.717) is 23.9 Å². The molecule has 2 unspecified atom stereocenters. The van der Waals surface area contributed by atoms with Crippen LogP contribution in [0, 0.1) is 0 Å². The summed E-state index contributed by atoms with van der Waals surface area (Å²) in [5.74, 6) is -0.833. The van der Waals surface area contributed by atoms with Gasteiger partial charge in [-0.25, -0.2) is 4.57 Å². The van der Waals surface area contributed by atoms with E-state index in [1.807, 2.05) is 21.1 Å². The summed E-state index contributed by atoms with van der Waals surface area (Å²) in [4.78, 5) is 35.8. The summed E-state index contributed by atoms with van der Waals surface area (Å²) < 4.78 is 34.7. The van der Waals surface area contributed by atoms with Crippen molar-refractivity contribution < 1.29 is 42.1 Å². The average Bonchev–Trinajstić information content (AvgIpc) is 3.58. The lowest BCUT2D eigenvalue weighted by molar-refractivity contribution is -0.870. The van der Waals surface area contributed by atoms with Crippen molar-refractivity contribution in [3.05, 3.63) is 170 Å². The lowest BCUT2D eigenvalue weighted by Crippen LogP contribution is -2.37. The molecule has 0 aliphatic heterocycles. The fourth-order valence-corrected chi connectivity index (χ4v) is 9.72. The molecule has 88 heavy (non-hydrogen) atoms. The molecule has 10 heteroatoms. The number of unbranched alkanes of at least 4 members (excludes halogenated alkanes) is 20. The molecule has 0 spiro atoms. The highest BCUT2D eigenvalue weighted by Gasteiger charge is 2.27. The zero-order valence-electron chi connectivity index (χ0n) is 56.6. The molecular formula is C78H129NO8P+. The first-order valence-corrected chi connectivity index (χ1v) is 36.4. The maximum Gasteiger partial charge on any atom is 0.472 e. The minimum atomic E-state index is -4.41. The second-order valence-corrected chi connectivity index (χ2v) is 25.3. The van der Waals surface area contributed by atoms with Crippen molar-refractivity contribution in [3.63, 3.8) is 0 Å². The number of carbonyl (C=O) groups is 2. The summed E-state index contributed by atoms with van der Waals surface area (Å²) in [6.45, 7) is 4.17. The Balaban J connectivity index is 4.08. The number of rotatable bonds is 62. The van der Waals surface area contributed by atoms with Gasteiger partial charge >= 0.3 is 19.8 Å². The van der Waals surface area contributed by atoms with E-state index >= 15 is 0 Å². The summed E-state index contributed by atoms with van der Waals surface area (Å²) in [5, 5.41) is 0. The number of ether oxygens (including phenoxy) is 2. The molecule has 498 valence electrons. The van der Waals surface area contributed by atoms with Crippen LogP contribution in [0.5, 0.6) is 0 Å². The average molecular weight is 1240 g/mol. The molecule has 0 rings (SSSR count). The Morgan fingerprint density at radius 2 is 0.614 bits per heavy atom. The molecule has 1 N–H and O–H groups in total. The van der Waals surface area contributed by atoms with Gasteiger partial charge in [-0.1, -0.05) is 287 Å². The molecule has 0 heterocycles.